The molecule has 3 aliphatic heterocycles. The Labute approximate surface area is 451 Å². The number of imide groups is 3. The number of nitro groups is 3. The van der Waals surface area contributed by atoms with Crippen molar-refractivity contribution < 1.29 is 53.1 Å². The first kappa shape index (κ1) is 54.6. The SMILES string of the molecule is Cl.Cl.O=C(NCCNCCN1C(=O)c2cccc3c([N+](=O)[O-])ccc(c23)C1=O)c1cc(C(=O)NCCNCCN2C(=O)c3cccc4c([N+](=O)[O-])ccc(c34)C2=O)cc(N2C(=O)c3cccc4c([N+](=O)[O-])ccc(c34)C2=O)c1. The fourth-order valence-electron chi connectivity index (χ4n) is 9.83. The van der Waals surface area contributed by atoms with Crippen LogP contribution < -0.4 is 26.2 Å². The average Bonchev–Trinajstić information content (AvgIpc) is 3.55. The largest absolute Gasteiger partial charge is 0.351 e. The summed E-state index contributed by atoms with van der Waals surface area (Å²) in [7, 11) is 0. The Kier molecular flexibility index (Phi) is 15.4. The van der Waals surface area contributed by atoms with Crippen molar-refractivity contribution in [3.8, 4) is 0 Å². The van der Waals surface area contributed by atoms with Crippen LogP contribution in [0.3, 0.4) is 0 Å². The summed E-state index contributed by atoms with van der Waals surface area (Å²) >= 11 is 0. The minimum Gasteiger partial charge on any atom is -0.351 e. The van der Waals surface area contributed by atoms with Gasteiger partial charge in [-0.2, -0.15) is 0 Å². The van der Waals surface area contributed by atoms with Gasteiger partial charge in [0, 0.05) is 131 Å². The van der Waals surface area contributed by atoms with E-state index in [1.54, 1.807) is 0 Å². The second-order valence-corrected chi connectivity index (χ2v) is 17.6. The average molecular weight is 1100 g/mol. The highest BCUT2D eigenvalue weighted by molar-refractivity contribution is 6.36. The first-order chi connectivity index (χ1) is 36.6. The highest BCUT2D eigenvalue weighted by Gasteiger charge is 2.38. The normalized spacial score (nSPS) is 13.4. The van der Waals surface area contributed by atoms with E-state index < -0.39 is 62.0 Å². The molecule has 26 heteroatoms. The van der Waals surface area contributed by atoms with Crippen molar-refractivity contribution in [3.63, 3.8) is 0 Å². The number of carbonyl (C=O) groups is 8. The summed E-state index contributed by atoms with van der Waals surface area (Å²) in [6, 6.07) is 24.3. The molecule has 0 atom stereocenters. The molecule has 24 nitrogen and oxygen atoms in total. The van der Waals surface area contributed by atoms with E-state index in [0.29, 0.717) is 0 Å². The monoisotopic (exact) mass is 1100 g/mol. The van der Waals surface area contributed by atoms with Crippen molar-refractivity contribution in [3.05, 3.63) is 184 Å². The molecular formula is C52H40Cl2N10O14. The number of nitrogens with zero attached hydrogens (tertiary/aromatic N) is 6. The minimum atomic E-state index is -0.875. The molecule has 0 aromatic heterocycles. The van der Waals surface area contributed by atoms with Crippen molar-refractivity contribution in [1.29, 1.82) is 0 Å². The van der Waals surface area contributed by atoms with Gasteiger partial charge in [0.1, 0.15) is 0 Å². The van der Waals surface area contributed by atoms with Gasteiger partial charge in [0.2, 0.25) is 0 Å². The summed E-state index contributed by atoms with van der Waals surface area (Å²) in [5, 5.41) is 47.5. The maximum Gasteiger partial charge on any atom is 0.277 e. The predicted octanol–water partition coefficient (Wildman–Crippen LogP) is 5.75. The van der Waals surface area contributed by atoms with Crippen LogP contribution in [0.5, 0.6) is 0 Å². The summed E-state index contributed by atoms with van der Waals surface area (Å²) < 4.78 is 0. The van der Waals surface area contributed by atoms with Crippen molar-refractivity contribution in [1.82, 2.24) is 31.1 Å². The summed E-state index contributed by atoms with van der Waals surface area (Å²) in [4.78, 5) is 146. The van der Waals surface area contributed by atoms with Crippen LogP contribution in [0.2, 0.25) is 0 Å². The standard InChI is InChI=1S/C52H38N10O14.2ClH/c63-45(55-18-16-53-20-22-57-47(65)33-7-1-4-30-39(60(71)72)13-10-36(42(30)33)49(57)67)27-24-28(26-29(25-27)59-51(69)35-9-3-6-32-41(62(75)76)15-12-38(44(32)35)52(59)70)46(64)56-19-17-54-21-23-58-48(66)34-8-2-5-31-40(61(73)74)14-11-37(43(31)34)50(58)68;;/h1-15,24-26,53-54H,16-23H2,(H,55,63)(H,56,64);2*1H. The predicted molar refractivity (Wildman–Crippen MR) is 285 cm³/mol. The smallest absolute Gasteiger partial charge is 0.277 e. The fourth-order valence-corrected chi connectivity index (χ4v) is 9.83. The molecule has 0 spiro atoms. The van der Waals surface area contributed by atoms with Crippen LogP contribution in [0.1, 0.15) is 82.9 Å². The molecule has 3 heterocycles. The zero-order valence-electron chi connectivity index (χ0n) is 40.3. The van der Waals surface area contributed by atoms with Gasteiger partial charge in [0.25, 0.3) is 64.3 Å². The second-order valence-electron chi connectivity index (χ2n) is 17.6. The van der Waals surface area contributed by atoms with Gasteiger partial charge in [0.05, 0.1) is 36.6 Å². The number of nitrogens with one attached hydrogen (secondary N) is 4. The fraction of sp³-hybridized carbons (Fsp3) is 0.154. The molecule has 3 aliphatic rings. The highest BCUT2D eigenvalue weighted by atomic mass is 35.5. The lowest BCUT2D eigenvalue weighted by Gasteiger charge is -2.28. The lowest BCUT2D eigenvalue weighted by Crippen LogP contribution is -2.44. The Morgan fingerprint density at radius 1 is 0.410 bits per heavy atom. The number of hydrogen-bond donors (Lipinski definition) is 4. The number of rotatable bonds is 18. The molecule has 8 amide bonds. The molecular weight excluding hydrogens is 1060 g/mol. The maximum atomic E-state index is 14.2. The zero-order valence-corrected chi connectivity index (χ0v) is 41.9. The summed E-state index contributed by atoms with van der Waals surface area (Å²) in [6.45, 7) is 0.178. The Balaban J connectivity index is 0.00000401. The third-order valence-corrected chi connectivity index (χ3v) is 13.3. The molecule has 0 radical (unpaired) electrons. The number of carbonyl (C=O) groups excluding carboxylic acids is 8. The zero-order chi connectivity index (χ0) is 53.7. The van der Waals surface area contributed by atoms with E-state index in [0.717, 1.165) is 20.8 Å². The van der Waals surface area contributed by atoms with Crippen molar-refractivity contribution >= 4 is 127 Å². The number of non-ortho nitro benzene ring substituents is 3. The molecule has 4 N–H and O–H groups in total. The molecule has 396 valence electrons. The molecule has 0 unspecified atom stereocenters. The highest BCUT2D eigenvalue weighted by Crippen LogP contribution is 2.39. The molecule has 0 saturated heterocycles. The maximum absolute atomic E-state index is 14.2. The summed E-state index contributed by atoms with van der Waals surface area (Å²) in [5.41, 5.74) is -0.782. The van der Waals surface area contributed by atoms with Crippen molar-refractivity contribution in [2.75, 3.05) is 57.3 Å². The Bertz CT molecular complexity index is 3590. The van der Waals surface area contributed by atoms with E-state index >= 15 is 0 Å². The van der Waals surface area contributed by atoms with Crippen LogP contribution in [0.25, 0.3) is 32.3 Å². The lowest BCUT2D eigenvalue weighted by atomic mass is 9.92. The van der Waals surface area contributed by atoms with Gasteiger partial charge in [-0.1, -0.05) is 18.2 Å². The first-order valence-corrected chi connectivity index (χ1v) is 23.4. The van der Waals surface area contributed by atoms with E-state index in [2.05, 4.69) is 21.3 Å². The molecule has 0 saturated carbocycles. The number of hydrogen-bond acceptors (Lipinski definition) is 16. The van der Waals surface area contributed by atoms with Crippen LogP contribution in [0.4, 0.5) is 22.7 Å². The van der Waals surface area contributed by atoms with Gasteiger partial charge in [-0.25, -0.2) is 4.90 Å². The van der Waals surface area contributed by atoms with Gasteiger partial charge < -0.3 is 21.3 Å². The number of benzene rings is 7. The van der Waals surface area contributed by atoms with E-state index in [4.69, 9.17) is 0 Å². The second kappa shape index (κ2) is 21.9. The number of anilines is 1. The van der Waals surface area contributed by atoms with Gasteiger partial charge in [-0.3, -0.25) is 78.5 Å². The van der Waals surface area contributed by atoms with Gasteiger partial charge in [-0.05, 0) is 72.8 Å². The number of halogens is 2. The summed E-state index contributed by atoms with van der Waals surface area (Å²) in [5.74, 6) is -5.73. The van der Waals surface area contributed by atoms with Gasteiger partial charge >= 0.3 is 0 Å². The van der Waals surface area contributed by atoms with Crippen molar-refractivity contribution in [2.24, 2.45) is 0 Å². The molecule has 7 aromatic rings. The quantitative estimate of drug-likeness (QED) is 0.0344. The van der Waals surface area contributed by atoms with Crippen LogP contribution >= 0.6 is 24.8 Å². The first-order valence-electron chi connectivity index (χ1n) is 23.4. The molecule has 0 aliphatic carbocycles. The Morgan fingerprint density at radius 2 is 0.731 bits per heavy atom. The third-order valence-electron chi connectivity index (χ3n) is 13.3. The van der Waals surface area contributed by atoms with E-state index in [-0.39, 0.29) is 177 Å². The Morgan fingerprint density at radius 3 is 1.08 bits per heavy atom. The molecule has 0 fully saturated rings. The Hall–Kier alpha value is -9.62. The minimum absolute atomic E-state index is 0. The van der Waals surface area contributed by atoms with Crippen LogP contribution in [0, 0.1) is 30.3 Å². The van der Waals surface area contributed by atoms with E-state index in [9.17, 15) is 68.7 Å². The molecule has 10 rings (SSSR count). The van der Waals surface area contributed by atoms with Crippen molar-refractivity contribution in [2.45, 2.75) is 0 Å². The summed E-state index contributed by atoms with van der Waals surface area (Å²) in [6.07, 6.45) is 0. The van der Waals surface area contributed by atoms with Crippen LogP contribution in [-0.2, 0) is 0 Å². The van der Waals surface area contributed by atoms with E-state index in [1.165, 1.54) is 103 Å². The topological polar surface area (TPSA) is 324 Å². The van der Waals surface area contributed by atoms with E-state index in [1.807, 2.05) is 0 Å². The third kappa shape index (κ3) is 9.44. The lowest BCUT2D eigenvalue weighted by molar-refractivity contribution is -0.383. The van der Waals surface area contributed by atoms with Crippen LogP contribution in [-0.4, -0.2) is 124 Å². The van der Waals surface area contributed by atoms with Gasteiger partial charge in [0.15, 0.2) is 0 Å². The van der Waals surface area contributed by atoms with Crippen LogP contribution in [0.15, 0.2) is 109 Å². The molecule has 78 heavy (non-hydrogen) atoms. The molecule has 0 bridgehead atoms. The number of amides is 8. The molecule has 7 aromatic carbocycles. The van der Waals surface area contributed by atoms with Gasteiger partial charge in [-0.15, -0.1) is 24.8 Å². The number of nitro benzene ring substituents is 3.